The average molecular weight is 282 g/mol. The summed E-state index contributed by atoms with van der Waals surface area (Å²) < 4.78 is 26.7. The van der Waals surface area contributed by atoms with E-state index < -0.39 is 10.0 Å². The minimum atomic E-state index is -3.55. The third-order valence-corrected chi connectivity index (χ3v) is 4.71. The maximum atomic E-state index is 12.1. The van der Waals surface area contributed by atoms with Gasteiger partial charge >= 0.3 is 0 Å². The van der Waals surface area contributed by atoms with Gasteiger partial charge in [0.1, 0.15) is 4.90 Å². The lowest BCUT2D eigenvalue weighted by molar-refractivity contribution is 0.582. The fourth-order valence-electron chi connectivity index (χ4n) is 1.56. The van der Waals surface area contributed by atoms with Gasteiger partial charge in [-0.15, -0.1) is 0 Å². The van der Waals surface area contributed by atoms with Crippen molar-refractivity contribution in [1.29, 1.82) is 0 Å². The van der Waals surface area contributed by atoms with E-state index in [-0.39, 0.29) is 17.1 Å². The zero-order valence-electron chi connectivity index (χ0n) is 9.88. The number of nitrogen functional groups attached to an aromatic ring is 1. The predicted octanol–water partition coefficient (Wildman–Crippen LogP) is 2.12. The van der Waals surface area contributed by atoms with Crippen LogP contribution in [-0.2, 0) is 16.6 Å². The van der Waals surface area contributed by atoms with E-state index in [1.165, 1.54) is 17.4 Å². The van der Waals surface area contributed by atoms with Crippen molar-refractivity contribution in [2.75, 3.05) is 5.73 Å². The molecule has 0 bridgehead atoms. The Hall–Kier alpha value is -1.37. The second kappa shape index (κ2) is 5.09. The Labute approximate surface area is 111 Å². The van der Waals surface area contributed by atoms with E-state index in [0.717, 1.165) is 11.1 Å². The fraction of sp³-hybridized carbons (Fsp3) is 0.167. The van der Waals surface area contributed by atoms with Crippen LogP contribution in [0.25, 0.3) is 0 Å². The third-order valence-electron chi connectivity index (χ3n) is 2.50. The van der Waals surface area contributed by atoms with Crippen LogP contribution in [0.4, 0.5) is 5.69 Å². The molecule has 4 nitrogen and oxygen atoms in total. The lowest BCUT2D eigenvalue weighted by Crippen LogP contribution is -2.24. The van der Waals surface area contributed by atoms with Crippen molar-refractivity contribution < 1.29 is 8.42 Å². The van der Waals surface area contributed by atoms with Crippen molar-refractivity contribution in [3.8, 4) is 0 Å². The summed E-state index contributed by atoms with van der Waals surface area (Å²) in [6.07, 6.45) is 0. The lowest BCUT2D eigenvalue weighted by atomic mass is 10.2. The molecule has 0 atom stereocenters. The quantitative estimate of drug-likeness (QED) is 0.844. The molecular formula is C12H14N2O2S2. The standard InChI is InChI=1S/C12H14N2O2S2/c1-9-2-3-12(11(13)6-9)18(15,16)14-7-10-4-5-17-8-10/h2-6,8,14H,7,13H2,1H3. The van der Waals surface area contributed by atoms with Crippen molar-refractivity contribution in [1.82, 2.24) is 4.72 Å². The largest absolute Gasteiger partial charge is 0.398 e. The van der Waals surface area contributed by atoms with Gasteiger partial charge in [0.05, 0.1) is 5.69 Å². The van der Waals surface area contributed by atoms with E-state index in [1.54, 1.807) is 12.1 Å². The molecular weight excluding hydrogens is 268 g/mol. The molecule has 0 spiro atoms. The number of hydrogen-bond donors (Lipinski definition) is 2. The molecule has 0 aliphatic heterocycles. The summed E-state index contributed by atoms with van der Waals surface area (Å²) in [6, 6.07) is 6.79. The molecule has 0 aliphatic carbocycles. The molecule has 1 heterocycles. The maximum Gasteiger partial charge on any atom is 0.242 e. The number of anilines is 1. The highest BCUT2D eigenvalue weighted by molar-refractivity contribution is 7.89. The number of nitrogens with two attached hydrogens (primary N) is 1. The summed E-state index contributed by atoms with van der Waals surface area (Å²) in [7, 11) is -3.55. The van der Waals surface area contributed by atoms with Gasteiger partial charge in [0.15, 0.2) is 0 Å². The third kappa shape index (κ3) is 2.90. The van der Waals surface area contributed by atoms with Gasteiger partial charge in [0, 0.05) is 6.54 Å². The van der Waals surface area contributed by atoms with E-state index in [4.69, 9.17) is 5.73 Å². The van der Waals surface area contributed by atoms with Crippen molar-refractivity contribution in [3.63, 3.8) is 0 Å². The van der Waals surface area contributed by atoms with E-state index in [2.05, 4.69) is 4.72 Å². The monoisotopic (exact) mass is 282 g/mol. The molecule has 96 valence electrons. The Morgan fingerprint density at radius 3 is 2.72 bits per heavy atom. The summed E-state index contributed by atoms with van der Waals surface area (Å²) >= 11 is 1.53. The molecule has 0 aliphatic rings. The molecule has 0 fully saturated rings. The molecule has 2 aromatic rings. The minimum absolute atomic E-state index is 0.128. The summed E-state index contributed by atoms with van der Waals surface area (Å²) in [5, 5.41) is 3.81. The number of sulfonamides is 1. The number of aryl methyl sites for hydroxylation is 1. The molecule has 0 unspecified atom stereocenters. The van der Waals surface area contributed by atoms with Gasteiger partial charge in [-0.1, -0.05) is 6.07 Å². The number of rotatable bonds is 4. The van der Waals surface area contributed by atoms with E-state index >= 15 is 0 Å². The zero-order valence-corrected chi connectivity index (χ0v) is 11.5. The van der Waals surface area contributed by atoms with Gasteiger partial charge < -0.3 is 5.73 Å². The Morgan fingerprint density at radius 1 is 1.33 bits per heavy atom. The van der Waals surface area contributed by atoms with E-state index in [9.17, 15) is 8.42 Å². The maximum absolute atomic E-state index is 12.1. The zero-order chi connectivity index (χ0) is 13.2. The van der Waals surface area contributed by atoms with Crippen LogP contribution < -0.4 is 10.5 Å². The molecule has 2 rings (SSSR count). The Kier molecular flexibility index (Phi) is 3.70. The number of thiophene rings is 1. The summed E-state index contributed by atoms with van der Waals surface area (Å²) in [6.45, 7) is 2.14. The van der Waals surface area contributed by atoms with Crippen molar-refractivity contribution in [2.45, 2.75) is 18.4 Å². The van der Waals surface area contributed by atoms with Crippen LogP contribution >= 0.6 is 11.3 Å². The first-order valence-corrected chi connectivity index (χ1v) is 7.78. The second-order valence-corrected chi connectivity index (χ2v) is 6.51. The Bertz CT molecular complexity index is 634. The molecule has 1 aromatic heterocycles. The number of benzene rings is 1. The van der Waals surface area contributed by atoms with Crippen LogP contribution in [0.3, 0.4) is 0 Å². The molecule has 0 amide bonds. The highest BCUT2D eigenvalue weighted by Crippen LogP contribution is 2.19. The van der Waals surface area contributed by atoms with Gasteiger partial charge in [0.25, 0.3) is 0 Å². The normalized spacial score (nSPS) is 11.6. The lowest BCUT2D eigenvalue weighted by Gasteiger charge is -2.09. The van der Waals surface area contributed by atoms with Crippen LogP contribution in [0.15, 0.2) is 39.9 Å². The molecule has 18 heavy (non-hydrogen) atoms. The van der Waals surface area contributed by atoms with Crippen LogP contribution in [0.5, 0.6) is 0 Å². The van der Waals surface area contributed by atoms with E-state index in [1.807, 2.05) is 23.8 Å². The topological polar surface area (TPSA) is 72.2 Å². The SMILES string of the molecule is Cc1ccc(S(=O)(=O)NCc2ccsc2)c(N)c1. The first-order chi connectivity index (χ1) is 8.49. The molecule has 0 saturated heterocycles. The molecule has 3 N–H and O–H groups in total. The van der Waals surface area contributed by atoms with Crippen molar-refractivity contribution >= 4 is 27.0 Å². The van der Waals surface area contributed by atoms with Crippen LogP contribution in [0.1, 0.15) is 11.1 Å². The fourth-order valence-corrected chi connectivity index (χ4v) is 3.36. The number of nitrogens with one attached hydrogen (secondary N) is 1. The summed E-state index contributed by atoms with van der Waals surface area (Å²) in [5.74, 6) is 0. The van der Waals surface area contributed by atoms with Crippen molar-refractivity contribution in [3.05, 3.63) is 46.2 Å². The average Bonchev–Trinajstić information content (AvgIpc) is 2.78. The first-order valence-electron chi connectivity index (χ1n) is 5.36. The van der Waals surface area contributed by atoms with E-state index in [0.29, 0.717) is 0 Å². The van der Waals surface area contributed by atoms with Gasteiger partial charge in [0.2, 0.25) is 10.0 Å². The molecule has 0 radical (unpaired) electrons. The molecule has 1 aromatic carbocycles. The number of hydrogen-bond acceptors (Lipinski definition) is 4. The van der Waals surface area contributed by atoms with Crippen LogP contribution in [0, 0.1) is 6.92 Å². The molecule has 6 heteroatoms. The smallest absolute Gasteiger partial charge is 0.242 e. The van der Waals surface area contributed by atoms with Crippen LogP contribution in [-0.4, -0.2) is 8.42 Å². The Balaban J connectivity index is 2.20. The second-order valence-electron chi connectivity index (χ2n) is 4.00. The van der Waals surface area contributed by atoms with Gasteiger partial charge in [-0.05, 0) is 47.0 Å². The first kappa shape index (κ1) is 13.1. The van der Waals surface area contributed by atoms with Crippen molar-refractivity contribution in [2.24, 2.45) is 0 Å². The minimum Gasteiger partial charge on any atom is -0.398 e. The van der Waals surface area contributed by atoms with Gasteiger partial charge in [-0.25, -0.2) is 13.1 Å². The summed E-state index contributed by atoms with van der Waals surface area (Å²) in [4.78, 5) is 0.128. The highest BCUT2D eigenvalue weighted by Gasteiger charge is 2.16. The Morgan fingerprint density at radius 2 is 2.11 bits per heavy atom. The highest BCUT2D eigenvalue weighted by atomic mass is 32.2. The molecule has 0 saturated carbocycles. The van der Waals surface area contributed by atoms with Crippen LogP contribution in [0.2, 0.25) is 0 Å². The van der Waals surface area contributed by atoms with Gasteiger partial charge in [-0.2, -0.15) is 11.3 Å². The summed E-state index contributed by atoms with van der Waals surface area (Å²) in [5.41, 5.74) is 7.88. The van der Waals surface area contributed by atoms with Gasteiger partial charge in [-0.3, -0.25) is 0 Å². The predicted molar refractivity (Wildman–Crippen MR) is 73.9 cm³/mol.